The molecule has 3 amide bonds. The highest BCUT2D eigenvalue weighted by molar-refractivity contribution is 6.35. The predicted octanol–water partition coefficient (Wildman–Crippen LogP) is 4.06. The van der Waals surface area contributed by atoms with Crippen LogP contribution in [0.1, 0.15) is 27.3 Å². The van der Waals surface area contributed by atoms with Crippen LogP contribution in [-0.4, -0.2) is 43.4 Å². The van der Waals surface area contributed by atoms with Gasteiger partial charge in [-0.05, 0) is 37.3 Å². The van der Waals surface area contributed by atoms with E-state index in [4.69, 9.17) is 34.2 Å². The minimum atomic E-state index is -0.650. The maximum Gasteiger partial charge on any atom is 0.322 e. The number of rotatable bonds is 3. The number of nitrogens with two attached hydrogens (primary N) is 1. The van der Waals surface area contributed by atoms with Gasteiger partial charge in [0.05, 0.1) is 51.2 Å². The fraction of sp³-hybridized carbons (Fsp3) is 0.174. The summed E-state index contributed by atoms with van der Waals surface area (Å²) in [6, 6.07) is 9.81. The summed E-state index contributed by atoms with van der Waals surface area (Å²) in [5.74, 6) is -0.650. The maximum atomic E-state index is 12.9. The van der Waals surface area contributed by atoms with Crippen molar-refractivity contribution in [2.75, 3.05) is 11.9 Å². The Morgan fingerprint density at radius 1 is 1.20 bits per heavy atom. The minimum absolute atomic E-state index is 0.127. The van der Waals surface area contributed by atoms with Gasteiger partial charge in [-0.15, -0.1) is 0 Å². The number of aryl methyl sites for hydroxylation is 1. The number of primary amides is 1. The van der Waals surface area contributed by atoms with Gasteiger partial charge in [0.25, 0.3) is 5.91 Å². The van der Waals surface area contributed by atoms with E-state index in [0.717, 1.165) is 11.1 Å². The Hall–Kier alpha value is -4.07. The van der Waals surface area contributed by atoms with Gasteiger partial charge in [0.15, 0.2) is 0 Å². The first-order valence-electron chi connectivity index (χ1n) is 10.6. The largest absolute Gasteiger partial charge is 0.365 e. The molecule has 0 atom stereocenters. The van der Waals surface area contributed by atoms with Gasteiger partial charge in [-0.25, -0.2) is 4.79 Å². The predicted molar refractivity (Wildman–Crippen MR) is 131 cm³/mol. The van der Waals surface area contributed by atoms with E-state index in [1.165, 1.54) is 12.1 Å². The maximum absolute atomic E-state index is 12.9. The first-order valence-corrected chi connectivity index (χ1v) is 11.3. The van der Waals surface area contributed by atoms with E-state index in [1.807, 2.05) is 19.1 Å². The van der Waals surface area contributed by atoms with Crippen molar-refractivity contribution in [1.82, 2.24) is 24.9 Å². The van der Waals surface area contributed by atoms with E-state index in [2.05, 4.69) is 20.6 Å². The molecule has 5 rings (SSSR count). The summed E-state index contributed by atoms with van der Waals surface area (Å²) in [5.41, 5.74) is 9.79. The van der Waals surface area contributed by atoms with Crippen LogP contribution < -0.4 is 11.1 Å². The molecule has 2 aromatic carbocycles. The van der Waals surface area contributed by atoms with Crippen LogP contribution >= 0.6 is 23.2 Å². The first-order chi connectivity index (χ1) is 16.8. The van der Waals surface area contributed by atoms with Crippen molar-refractivity contribution in [3.05, 3.63) is 62.9 Å². The Bertz CT molecular complexity index is 1570. The lowest BCUT2D eigenvalue weighted by atomic mass is 10.0. The van der Waals surface area contributed by atoms with Gasteiger partial charge >= 0.3 is 6.03 Å². The van der Waals surface area contributed by atoms with E-state index in [9.17, 15) is 9.59 Å². The molecule has 3 heterocycles. The van der Waals surface area contributed by atoms with E-state index in [-0.39, 0.29) is 23.2 Å². The van der Waals surface area contributed by atoms with E-state index in [1.54, 1.807) is 21.7 Å². The van der Waals surface area contributed by atoms with E-state index >= 15 is 0 Å². The molecule has 176 valence electrons. The molecule has 0 radical (unpaired) electrons. The summed E-state index contributed by atoms with van der Waals surface area (Å²) < 4.78 is 1.69. The number of aromatic amines is 1. The first kappa shape index (κ1) is 22.7. The molecule has 4 N–H and O–H groups in total. The number of anilines is 1. The molecular weight excluding hydrogens is 491 g/mol. The van der Waals surface area contributed by atoms with Crippen LogP contribution in [0.25, 0.3) is 22.2 Å². The topological polar surface area (TPSA) is 146 Å². The lowest BCUT2D eigenvalue weighted by Gasteiger charge is -2.28. The molecular formula is C23H18Cl2N8O2. The number of amides is 3. The van der Waals surface area contributed by atoms with Gasteiger partial charge in [0.1, 0.15) is 11.8 Å². The molecule has 35 heavy (non-hydrogen) atoms. The molecule has 10 nitrogen and oxygen atoms in total. The van der Waals surface area contributed by atoms with Crippen molar-refractivity contribution in [3.63, 3.8) is 0 Å². The standard InChI is InChI=1S/C23H18Cl2N8O2/c1-11-15-6-13(7-17(25)21(15)30-29-11)20-19(22(27)34)18-10-32(4-5-33(18)31-20)23(35)28-14-3-2-12(9-26)16(24)8-14/h2-3,6-8H,4-5,10H2,1H3,(H2,27,34)(H,28,35)(H,29,30). The van der Waals surface area contributed by atoms with Crippen molar-refractivity contribution in [2.45, 2.75) is 20.0 Å². The number of nitriles is 1. The number of benzene rings is 2. The Kier molecular flexibility index (Phi) is 5.59. The number of aromatic nitrogens is 4. The number of urea groups is 1. The molecule has 0 bridgehead atoms. The molecule has 2 aromatic heterocycles. The zero-order chi connectivity index (χ0) is 24.9. The lowest BCUT2D eigenvalue weighted by molar-refractivity contribution is 0.0997. The number of nitrogens with zero attached hydrogens (tertiary/aromatic N) is 5. The number of nitrogens with one attached hydrogen (secondary N) is 2. The van der Waals surface area contributed by atoms with Crippen LogP contribution in [-0.2, 0) is 13.1 Å². The lowest BCUT2D eigenvalue weighted by Crippen LogP contribution is -2.41. The molecule has 4 aromatic rings. The smallest absolute Gasteiger partial charge is 0.322 e. The normalized spacial score (nSPS) is 12.9. The second-order valence-electron chi connectivity index (χ2n) is 8.11. The fourth-order valence-corrected chi connectivity index (χ4v) is 4.66. The molecule has 1 aliphatic heterocycles. The Balaban J connectivity index is 1.47. The number of hydrogen-bond donors (Lipinski definition) is 3. The minimum Gasteiger partial charge on any atom is -0.365 e. The summed E-state index contributed by atoms with van der Waals surface area (Å²) in [6.07, 6.45) is 0. The number of H-pyrrole nitrogens is 1. The molecule has 0 saturated carbocycles. The van der Waals surface area contributed by atoms with E-state index in [0.29, 0.717) is 51.8 Å². The zero-order valence-corrected chi connectivity index (χ0v) is 19.9. The van der Waals surface area contributed by atoms with Crippen LogP contribution in [0.5, 0.6) is 0 Å². The third kappa shape index (κ3) is 3.95. The second kappa shape index (κ2) is 8.61. The van der Waals surface area contributed by atoms with Gasteiger partial charge in [-0.1, -0.05) is 23.2 Å². The average molecular weight is 509 g/mol. The zero-order valence-electron chi connectivity index (χ0n) is 18.4. The van der Waals surface area contributed by atoms with Crippen molar-refractivity contribution < 1.29 is 9.59 Å². The van der Waals surface area contributed by atoms with Crippen molar-refractivity contribution in [3.8, 4) is 17.3 Å². The van der Waals surface area contributed by atoms with E-state index < -0.39 is 5.91 Å². The van der Waals surface area contributed by atoms with Crippen molar-refractivity contribution in [1.29, 1.82) is 5.26 Å². The molecule has 0 saturated heterocycles. The van der Waals surface area contributed by atoms with Gasteiger partial charge in [0.2, 0.25) is 0 Å². The third-order valence-electron chi connectivity index (χ3n) is 5.94. The highest BCUT2D eigenvalue weighted by atomic mass is 35.5. The summed E-state index contributed by atoms with van der Waals surface area (Å²) in [5, 5.41) is 25.0. The van der Waals surface area contributed by atoms with Crippen molar-refractivity contribution >= 4 is 51.7 Å². The van der Waals surface area contributed by atoms with Gasteiger partial charge in [-0.2, -0.15) is 15.5 Å². The average Bonchev–Trinajstić information content (AvgIpc) is 3.40. The highest BCUT2D eigenvalue weighted by Gasteiger charge is 2.30. The third-order valence-corrected chi connectivity index (χ3v) is 6.55. The molecule has 0 fully saturated rings. The number of carbonyl (C=O) groups excluding carboxylic acids is 2. The number of fused-ring (bicyclic) bond motifs is 2. The SMILES string of the molecule is Cc1n[nH]c2c(Cl)cc(-c3nn4c(c3C(N)=O)CN(C(=O)Nc3ccc(C#N)c(Cl)c3)CC4)cc12. The van der Waals surface area contributed by atoms with Gasteiger partial charge in [0, 0.05) is 23.2 Å². The summed E-state index contributed by atoms with van der Waals surface area (Å²) in [7, 11) is 0. The number of halogens is 2. The summed E-state index contributed by atoms with van der Waals surface area (Å²) in [4.78, 5) is 27.0. The fourth-order valence-electron chi connectivity index (χ4n) is 4.18. The monoisotopic (exact) mass is 508 g/mol. The summed E-state index contributed by atoms with van der Waals surface area (Å²) >= 11 is 12.5. The Labute approximate surface area is 209 Å². The van der Waals surface area contributed by atoms with Crippen LogP contribution in [0.4, 0.5) is 10.5 Å². The Morgan fingerprint density at radius 3 is 2.71 bits per heavy atom. The molecule has 12 heteroatoms. The summed E-state index contributed by atoms with van der Waals surface area (Å²) in [6.45, 7) is 2.71. The van der Waals surface area contributed by atoms with Crippen LogP contribution in [0, 0.1) is 18.3 Å². The number of carbonyl (C=O) groups is 2. The molecule has 0 unspecified atom stereocenters. The van der Waals surface area contributed by atoms with Gasteiger partial charge < -0.3 is 16.0 Å². The van der Waals surface area contributed by atoms with Crippen LogP contribution in [0.3, 0.4) is 0 Å². The second-order valence-corrected chi connectivity index (χ2v) is 8.92. The van der Waals surface area contributed by atoms with Crippen LogP contribution in [0.2, 0.25) is 10.0 Å². The number of hydrogen-bond acceptors (Lipinski definition) is 5. The Morgan fingerprint density at radius 2 is 2.00 bits per heavy atom. The van der Waals surface area contributed by atoms with Gasteiger partial charge in [-0.3, -0.25) is 14.6 Å². The molecule has 0 spiro atoms. The van der Waals surface area contributed by atoms with Crippen LogP contribution in [0.15, 0.2) is 30.3 Å². The van der Waals surface area contributed by atoms with Crippen molar-refractivity contribution in [2.24, 2.45) is 5.73 Å². The molecule has 1 aliphatic rings. The highest BCUT2D eigenvalue weighted by Crippen LogP contribution is 2.34. The quantitative estimate of drug-likeness (QED) is 0.381. The molecule has 0 aliphatic carbocycles.